The highest BCUT2D eigenvalue weighted by Crippen LogP contribution is 2.26. The highest BCUT2D eigenvalue weighted by Gasteiger charge is 2.26. The summed E-state index contributed by atoms with van der Waals surface area (Å²) in [5.41, 5.74) is 2.01. The van der Waals surface area contributed by atoms with Gasteiger partial charge in [0.2, 0.25) is 5.89 Å². The second-order valence-corrected chi connectivity index (χ2v) is 9.04. The molecule has 1 aromatic heterocycles. The molecule has 0 unspecified atom stereocenters. The highest BCUT2D eigenvalue weighted by molar-refractivity contribution is 7.85. The van der Waals surface area contributed by atoms with Gasteiger partial charge < -0.3 is 14.1 Å². The number of hydrogen-bond donors (Lipinski definition) is 0. The molecule has 0 spiro atoms. The molecule has 0 N–H and O–H groups in total. The van der Waals surface area contributed by atoms with E-state index in [1.54, 1.807) is 65.4 Å². The standard InChI is InChI=1S/C22H22F2N4O4S/c1-31-18-8-6-17(7-9-18)28(22(29)27-10-12-33(30)13-11-27)14-15-2-4-16(5-3-15)20-25-26-21(32-20)19(23)24/h2-9,19H,10-14H2,1H3. The lowest BCUT2D eigenvalue weighted by Crippen LogP contribution is -2.48. The monoisotopic (exact) mass is 476 g/mol. The third-order valence-electron chi connectivity index (χ3n) is 5.23. The summed E-state index contributed by atoms with van der Waals surface area (Å²) >= 11 is 0. The Balaban J connectivity index is 1.56. The summed E-state index contributed by atoms with van der Waals surface area (Å²) in [6, 6.07) is 13.9. The molecule has 2 aromatic carbocycles. The van der Waals surface area contributed by atoms with Gasteiger partial charge in [-0.2, -0.15) is 8.78 Å². The number of urea groups is 1. The van der Waals surface area contributed by atoms with Gasteiger partial charge in [0.25, 0.3) is 5.89 Å². The van der Waals surface area contributed by atoms with Crippen molar-refractivity contribution in [3.05, 3.63) is 60.0 Å². The Morgan fingerprint density at radius 1 is 1.12 bits per heavy atom. The smallest absolute Gasteiger partial charge is 0.324 e. The third kappa shape index (κ3) is 5.36. The molecular weight excluding hydrogens is 454 g/mol. The van der Waals surface area contributed by atoms with Crippen LogP contribution in [0.5, 0.6) is 5.75 Å². The third-order valence-corrected chi connectivity index (χ3v) is 6.51. The van der Waals surface area contributed by atoms with Crippen molar-refractivity contribution < 1.29 is 26.9 Å². The van der Waals surface area contributed by atoms with E-state index in [0.717, 1.165) is 5.56 Å². The summed E-state index contributed by atoms with van der Waals surface area (Å²) < 4.78 is 47.3. The zero-order valence-electron chi connectivity index (χ0n) is 17.8. The van der Waals surface area contributed by atoms with E-state index in [1.807, 2.05) is 0 Å². The number of hydrogen-bond acceptors (Lipinski definition) is 6. The van der Waals surface area contributed by atoms with E-state index >= 15 is 0 Å². The summed E-state index contributed by atoms with van der Waals surface area (Å²) in [5.74, 6) is 0.865. The van der Waals surface area contributed by atoms with Gasteiger partial charge in [-0.3, -0.25) is 9.11 Å². The second-order valence-electron chi connectivity index (χ2n) is 7.34. The van der Waals surface area contributed by atoms with Crippen LogP contribution in [-0.4, -0.2) is 57.0 Å². The van der Waals surface area contributed by atoms with Crippen molar-refractivity contribution in [3.8, 4) is 17.2 Å². The predicted molar refractivity (Wildman–Crippen MR) is 119 cm³/mol. The van der Waals surface area contributed by atoms with E-state index in [0.29, 0.717) is 41.6 Å². The average Bonchev–Trinajstić information content (AvgIpc) is 3.34. The van der Waals surface area contributed by atoms with Crippen LogP contribution in [0.1, 0.15) is 17.9 Å². The number of rotatable bonds is 6. The molecule has 0 bridgehead atoms. The van der Waals surface area contributed by atoms with Crippen LogP contribution in [0.15, 0.2) is 52.9 Å². The molecule has 0 saturated carbocycles. The minimum Gasteiger partial charge on any atom is -0.497 e. The molecule has 1 aliphatic heterocycles. The number of nitrogens with zero attached hydrogens (tertiary/aromatic N) is 4. The number of aromatic nitrogens is 2. The Morgan fingerprint density at radius 2 is 1.79 bits per heavy atom. The Labute approximate surface area is 191 Å². The van der Waals surface area contributed by atoms with E-state index in [-0.39, 0.29) is 18.5 Å². The summed E-state index contributed by atoms with van der Waals surface area (Å²) in [7, 11) is 0.675. The SMILES string of the molecule is COc1ccc(N(Cc2ccc(-c3nnc(C(F)F)o3)cc2)C(=O)N2CCS(=O)CC2)cc1. The Hall–Kier alpha value is -3.34. The fourth-order valence-corrected chi connectivity index (χ4v) is 4.46. The Morgan fingerprint density at radius 3 is 2.36 bits per heavy atom. The first-order valence-electron chi connectivity index (χ1n) is 10.2. The molecule has 4 rings (SSSR count). The van der Waals surface area contributed by atoms with Crippen molar-refractivity contribution >= 4 is 22.5 Å². The summed E-state index contributed by atoms with van der Waals surface area (Å²) in [5, 5.41) is 6.99. The minimum atomic E-state index is -2.83. The molecule has 0 atom stereocenters. The van der Waals surface area contributed by atoms with E-state index in [2.05, 4.69) is 10.2 Å². The van der Waals surface area contributed by atoms with E-state index in [4.69, 9.17) is 9.15 Å². The van der Waals surface area contributed by atoms with Crippen LogP contribution in [0.2, 0.25) is 0 Å². The lowest BCUT2D eigenvalue weighted by molar-refractivity contribution is 0.116. The van der Waals surface area contributed by atoms with Crippen LogP contribution >= 0.6 is 0 Å². The summed E-state index contributed by atoms with van der Waals surface area (Å²) in [6.45, 7) is 1.14. The highest BCUT2D eigenvalue weighted by atomic mass is 32.2. The molecule has 33 heavy (non-hydrogen) atoms. The molecule has 2 amide bonds. The Bertz CT molecular complexity index is 1110. The maximum atomic E-state index is 13.3. The fourth-order valence-electron chi connectivity index (χ4n) is 3.41. The second kappa shape index (κ2) is 10.1. The first-order chi connectivity index (χ1) is 15.9. The zero-order valence-corrected chi connectivity index (χ0v) is 18.6. The van der Waals surface area contributed by atoms with Gasteiger partial charge in [0.15, 0.2) is 0 Å². The zero-order chi connectivity index (χ0) is 23.4. The van der Waals surface area contributed by atoms with Gasteiger partial charge >= 0.3 is 12.5 Å². The van der Waals surface area contributed by atoms with Gasteiger partial charge in [-0.25, -0.2) is 4.79 Å². The predicted octanol–water partition coefficient (Wildman–Crippen LogP) is 3.87. The number of carbonyl (C=O) groups is 1. The number of amides is 2. The number of carbonyl (C=O) groups excluding carboxylic acids is 1. The molecule has 8 nitrogen and oxygen atoms in total. The van der Waals surface area contributed by atoms with Crippen LogP contribution in [0.25, 0.3) is 11.5 Å². The maximum absolute atomic E-state index is 13.3. The quantitative estimate of drug-likeness (QED) is 0.537. The van der Waals surface area contributed by atoms with Crippen molar-refractivity contribution in [3.63, 3.8) is 0 Å². The largest absolute Gasteiger partial charge is 0.497 e. The number of methoxy groups -OCH3 is 1. The maximum Gasteiger partial charge on any atom is 0.324 e. The van der Waals surface area contributed by atoms with Crippen molar-refractivity contribution in [1.82, 2.24) is 15.1 Å². The van der Waals surface area contributed by atoms with Crippen LogP contribution in [0.3, 0.4) is 0 Å². The van der Waals surface area contributed by atoms with Crippen LogP contribution in [-0.2, 0) is 17.3 Å². The number of anilines is 1. The molecule has 1 fully saturated rings. The number of ether oxygens (including phenoxy) is 1. The topological polar surface area (TPSA) is 88.8 Å². The molecule has 174 valence electrons. The van der Waals surface area contributed by atoms with E-state index in [1.165, 1.54) is 0 Å². The molecule has 0 aliphatic carbocycles. The van der Waals surface area contributed by atoms with Crippen LogP contribution < -0.4 is 9.64 Å². The van der Waals surface area contributed by atoms with Crippen molar-refractivity contribution in [2.75, 3.05) is 36.6 Å². The molecule has 11 heteroatoms. The van der Waals surface area contributed by atoms with Crippen LogP contribution in [0.4, 0.5) is 19.3 Å². The lowest BCUT2D eigenvalue weighted by Gasteiger charge is -2.33. The molecule has 2 heterocycles. The first kappa shape index (κ1) is 22.8. The number of alkyl halides is 2. The van der Waals surface area contributed by atoms with Gasteiger partial charge in [0, 0.05) is 46.6 Å². The van der Waals surface area contributed by atoms with Gasteiger partial charge in [0.05, 0.1) is 13.7 Å². The molecular formula is C22H22F2N4O4S. The van der Waals surface area contributed by atoms with Gasteiger partial charge in [-0.1, -0.05) is 12.1 Å². The summed E-state index contributed by atoms with van der Waals surface area (Å²) in [6.07, 6.45) is -2.83. The first-order valence-corrected chi connectivity index (χ1v) is 11.7. The Kier molecular flexibility index (Phi) is 6.97. The van der Waals surface area contributed by atoms with Crippen molar-refractivity contribution in [1.29, 1.82) is 0 Å². The fraction of sp³-hybridized carbons (Fsp3) is 0.318. The minimum absolute atomic E-state index is 0.00116. The summed E-state index contributed by atoms with van der Waals surface area (Å²) in [4.78, 5) is 16.7. The van der Waals surface area contributed by atoms with Gasteiger partial charge in [-0.15, -0.1) is 10.2 Å². The van der Waals surface area contributed by atoms with Crippen molar-refractivity contribution in [2.24, 2.45) is 0 Å². The molecule has 3 aromatic rings. The van der Waals surface area contributed by atoms with Gasteiger partial charge in [-0.05, 0) is 42.0 Å². The number of halogens is 2. The van der Waals surface area contributed by atoms with Crippen LogP contribution in [0, 0.1) is 0 Å². The number of benzene rings is 2. The van der Waals surface area contributed by atoms with E-state index in [9.17, 15) is 17.8 Å². The normalized spacial score (nSPS) is 14.5. The molecule has 1 aliphatic rings. The van der Waals surface area contributed by atoms with E-state index < -0.39 is 23.1 Å². The molecule has 0 radical (unpaired) electrons. The molecule has 1 saturated heterocycles. The average molecular weight is 477 g/mol. The van der Waals surface area contributed by atoms with Crippen molar-refractivity contribution in [2.45, 2.75) is 13.0 Å². The van der Waals surface area contributed by atoms with Gasteiger partial charge in [0.1, 0.15) is 5.75 Å². The lowest BCUT2D eigenvalue weighted by atomic mass is 10.1.